The van der Waals surface area contributed by atoms with E-state index in [0.29, 0.717) is 16.3 Å². The van der Waals surface area contributed by atoms with Crippen LogP contribution in [0.2, 0.25) is 0 Å². The summed E-state index contributed by atoms with van der Waals surface area (Å²) in [6.45, 7) is 3.60. The Morgan fingerprint density at radius 1 is 1.22 bits per heavy atom. The molecule has 0 aliphatic rings. The lowest BCUT2D eigenvalue weighted by Gasteiger charge is -2.03. The van der Waals surface area contributed by atoms with Crippen molar-refractivity contribution in [3.8, 4) is 0 Å². The second-order valence-corrected chi connectivity index (χ2v) is 6.23. The Balaban J connectivity index is 1.85. The quantitative estimate of drug-likeness (QED) is 0.580. The summed E-state index contributed by atoms with van der Waals surface area (Å²) >= 11 is 1.40. The second kappa shape index (κ2) is 5.77. The minimum atomic E-state index is -0.465. The van der Waals surface area contributed by atoms with Crippen molar-refractivity contribution >= 4 is 38.3 Å². The fourth-order valence-electron chi connectivity index (χ4n) is 2.26. The predicted octanol–water partition coefficient (Wildman–Crippen LogP) is 4.07. The van der Waals surface area contributed by atoms with Crippen molar-refractivity contribution in [2.24, 2.45) is 0 Å². The Morgan fingerprint density at radius 3 is 2.70 bits per heavy atom. The molecule has 0 aliphatic heterocycles. The van der Waals surface area contributed by atoms with Crippen LogP contribution in [0.25, 0.3) is 10.2 Å². The van der Waals surface area contributed by atoms with Gasteiger partial charge in [0, 0.05) is 17.2 Å². The van der Waals surface area contributed by atoms with Gasteiger partial charge in [0.2, 0.25) is 0 Å². The van der Waals surface area contributed by atoms with E-state index in [1.807, 2.05) is 25.1 Å². The first-order valence-corrected chi connectivity index (χ1v) is 7.69. The van der Waals surface area contributed by atoms with Gasteiger partial charge in [0.15, 0.2) is 5.13 Å². The van der Waals surface area contributed by atoms with Crippen molar-refractivity contribution in [2.75, 3.05) is 5.32 Å². The van der Waals surface area contributed by atoms with E-state index in [1.54, 1.807) is 6.92 Å². The molecule has 0 spiro atoms. The SMILES string of the molecule is Cc1ccc2nc(NC(=O)c3ccc([N+](=O)[O-])c(C)c3)sc2c1. The Kier molecular flexibility index (Phi) is 3.79. The van der Waals surface area contributed by atoms with Gasteiger partial charge in [-0.05, 0) is 43.7 Å². The number of anilines is 1. The zero-order chi connectivity index (χ0) is 16.6. The molecular weight excluding hydrogens is 314 g/mol. The summed E-state index contributed by atoms with van der Waals surface area (Å²) < 4.78 is 1.00. The molecule has 0 saturated carbocycles. The number of aromatic nitrogens is 1. The van der Waals surface area contributed by atoms with Gasteiger partial charge in [0.1, 0.15) is 0 Å². The van der Waals surface area contributed by atoms with Crippen LogP contribution in [0.15, 0.2) is 36.4 Å². The highest BCUT2D eigenvalue weighted by Gasteiger charge is 2.15. The molecule has 3 aromatic rings. The monoisotopic (exact) mass is 327 g/mol. The fraction of sp³-hybridized carbons (Fsp3) is 0.125. The van der Waals surface area contributed by atoms with Crippen molar-refractivity contribution in [1.82, 2.24) is 4.98 Å². The van der Waals surface area contributed by atoms with E-state index in [0.717, 1.165) is 15.8 Å². The van der Waals surface area contributed by atoms with Gasteiger partial charge in [-0.1, -0.05) is 17.4 Å². The average Bonchev–Trinajstić information content (AvgIpc) is 2.87. The van der Waals surface area contributed by atoms with E-state index in [2.05, 4.69) is 10.3 Å². The number of amides is 1. The summed E-state index contributed by atoms with van der Waals surface area (Å²) in [4.78, 5) is 27.0. The van der Waals surface area contributed by atoms with Crippen LogP contribution in [0.5, 0.6) is 0 Å². The van der Waals surface area contributed by atoms with E-state index < -0.39 is 4.92 Å². The van der Waals surface area contributed by atoms with E-state index in [1.165, 1.54) is 29.5 Å². The number of rotatable bonds is 3. The Labute approximate surface area is 135 Å². The maximum absolute atomic E-state index is 12.3. The number of carbonyl (C=O) groups excluding carboxylic acids is 1. The first kappa shape index (κ1) is 15.1. The van der Waals surface area contributed by atoms with Crippen molar-refractivity contribution < 1.29 is 9.72 Å². The molecule has 0 radical (unpaired) electrons. The minimum absolute atomic E-state index is 0.00277. The van der Waals surface area contributed by atoms with Crippen LogP contribution in [0.1, 0.15) is 21.5 Å². The van der Waals surface area contributed by atoms with E-state index in [9.17, 15) is 14.9 Å². The number of hydrogen-bond acceptors (Lipinski definition) is 5. The highest BCUT2D eigenvalue weighted by atomic mass is 32.1. The number of nitrogens with one attached hydrogen (secondary N) is 1. The Morgan fingerprint density at radius 2 is 2.00 bits per heavy atom. The number of nitro groups is 1. The van der Waals surface area contributed by atoms with Gasteiger partial charge in [-0.15, -0.1) is 0 Å². The zero-order valence-electron chi connectivity index (χ0n) is 12.5. The molecule has 7 heteroatoms. The molecule has 0 saturated heterocycles. The molecule has 0 fully saturated rings. The van der Waals surface area contributed by atoms with Crippen LogP contribution in [0.4, 0.5) is 10.8 Å². The zero-order valence-corrected chi connectivity index (χ0v) is 13.3. The number of nitrogens with zero attached hydrogens (tertiary/aromatic N) is 2. The number of aryl methyl sites for hydroxylation is 2. The lowest BCUT2D eigenvalue weighted by molar-refractivity contribution is -0.385. The highest BCUT2D eigenvalue weighted by Crippen LogP contribution is 2.27. The summed E-state index contributed by atoms with van der Waals surface area (Å²) in [6, 6.07) is 10.2. The third kappa shape index (κ3) is 3.04. The fourth-order valence-corrected chi connectivity index (χ4v) is 3.22. The number of fused-ring (bicyclic) bond motifs is 1. The average molecular weight is 327 g/mol. The summed E-state index contributed by atoms with van der Waals surface area (Å²) in [5.41, 5.74) is 2.77. The normalized spacial score (nSPS) is 10.7. The molecule has 1 amide bonds. The molecule has 1 heterocycles. The van der Waals surface area contributed by atoms with Gasteiger partial charge in [0.05, 0.1) is 15.1 Å². The number of thiazole rings is 1. The standard InChI is InChI=1S/C16H13N3O3S/c1-9-3-5-12-14(7-9)23-16(17-12)18-15(20)11-4-6-13(19(21)22)10(2)8-11/h3-8H,1-2H3,(H,17,18,20). The van der Waals surface area contributed by atoms with Crippen LogP contribution >= 0.6 is 11.3 Å². The highest BCUT2D eigenvalue weighted by molar-refractivity contribution is 7.22. The number of carbonyl (C=O) groups is 1. The van der Waals surface area contributed by atoms with Crippen molar-refractivity contribution in [3.05, 3.63) is 63.2 Å². The number of nitro benzene ring substituents is 1. The lowest BCUT2D eigenvalue weighted by Crippen LogP contribution is -2.12. The van der Waals surface area contributed by atoms with Crippen LogP contribution in [0, 0.1) is 24.0 Å². The van der Waals surface area contributed by atoms with Crippen molar-refractivity contribution in [3.63, 3.8) is 0 Å². The van der Waals surface area contributed by atoms with E-state index in [4.69, 9.17) is 0 Å². The van der Waals surface area contributed by atoms with Crippen LogP contribution in [-0.2, 0) is 0 Å². The molecule has 1 N–H and O–H groups in total. The van der Waals surface area contributed by atoms with Crippen molar-refractivity contribution in [1.29, 1.82) is 0 Å². The Hall–Kier alpha value is -2.80. The largest absolute Gasteiger partial charge is 0.298 e. The molecule has 1 aromatic heterocycles. The molecule has 0 unspecified atom stereocenters. The molecule has 116 valence electrons. The van der Waals surface area contributed by atoms with Gasteiger partial charge in [-0.25, -0.2) is 4.98 Å². The van der Waals surface area contributed by atoms with Gasteiger partial charge < -0.3 is 0 Å². The third-order valence-corrected chi connectivity index (χ3v) is 4.35. The van der Waals surface area contributed by atoms with Crippen molar-refractivity contribution in [2.45, 2.75) is 13.8 Å². The molecule has 0 atom stereocenters. The molecule has 23 heavy (non-hydrogen) atoms. The molecule has 2 aromatic carbocycles. The summed E-state index contributed by atoms with van der Waals surface area (Å²) in [5.74, 6) is -0.334. The van der Waals surface area contributed by atoms with Crippen LogP contribution in [0.3, 0.4) is 0 Å². The summed E-state index contributed by atoms with van der Waals surface area (Å²) in [7, 11) is 0. The number of hydrogen-bond donors (Lipinski definition) is 1. The maximum Gasteiger partial charge on any atom is 0.272 e. The minimum Gasteiger partial charge on any atom is -0.298 e. The summed E-state index contributed by atoms with van der Waals surface area (Å²) in [5, 5.41) is 14.1. The number of benzene rings is 2. The molecule has 0 aliphatic carbocycles. The lowest BCUT2D eigenvalue weighted by atomic mass is 10.1. The molecular formula is C16H13N3O3S. The van der Waals surface area contributed by atoms with Crippen LogP contribution in [-0.4, -0.2) is 15.8 Å². The molecule has 6 nitrogen and oxygen atoms in total. The van der Waals surface area contributed by atoms with Crippen LogP contribution < -0.4 is 5.32 Å². The van der Waals surface area contributed by atoms with Gasteiger partial charge in [-0.2, -0.15) is 0 Å². The maximum atomic E-state index is 12.3. The predicted molar refractivity (Wildman–Crippen MR) is 90.1 cm³/mol. The second-order valence-electron chi connectivity index (χ2n) is 5.20. The van der Waals surface area contributed by atoms with E-state index in [-0.39, 0.29) is 11.6 Å². The van der Waals surface area contributed by atoms with Gasteiger partial charge in [0.25, 0.3) is 11.6 Å². The Bertz CT molecular complexity index is 933. The molecule has 3 rings (SSSR count). The topological polar surface area (TPSA) is 85.1 Å². The smallest absolute Gasteiger partial charge is 0.272 e. The third-order valence-electron chi connectivity index (χ3n) is 3.42. The summed E-state index contributed by atoms with van der Waals surface area (Å²) in [6.07, 6.45) is 0. The first-order valence-electron chi connectivity index (χ1n) is 6.87. The first-order chi connectivity index (χ1) is 10.9. The van der Waals surface area contributed by atoms with E-state index >= 15 is 0 Å². The molecule has 0 bridgehead atoms. The van der Waals surface area contributed by atoms with Gasteiger partial charge in [-0.3, -0.25) is 20.2 Å². The van der Waals surface area contributed by atoms with Gasteiger partial charge >= 0.3 is 0 Å².